The zero-order chi connectivity index (χ0) is 13.5. The number of methoxy groups -OCH3 is 1. The molecule has 0 aliphatic heterocycles. The Morgan fingerprint density at radius 2 is 2.05 bits per heavy atom. The van der Waals surface area contributed by atoms with Gasteiger partial charge in [0.15, 0.2) is 0 Å². The van der Waals surface area contributed by atoms with Crippen LogP contribution >= 0.6 is 0 Å². The first-order chi connectivity index (χ1) is 9.29. The molecule has 0 bridgehead atoms. The third-order valence-corrected chi connectivity index (χ3v) is 2.73. The molecule has 0 atom stereocenters. The molecular formula is C15H16N2O2. The highest BCUT2D eigenvalue weighted by Crippen LogP contribution is 2.06. The SMILES string of the molecule is COC(=O)CN=Cc1cccn1Cc1ccccc1. The largest absolute Gasteiger partial charge is 0.468 e. The smallest absolute Gasteiger partial charge is 0.327 e. The van der Waals surface area contributed by atoms with Crippen LogP contribution in [0.25, 0.3) is 0 Å². The van der Waals surface area contributed by atoms with Crippen LogP contribution in [-0.2, 0) is 16.1 Å². The second kappa shape index (κ2) is 6.54. The van der Waals surface area contributed by atoms with Crippen molar-refractivity contribution in [2.24, 2.45) is 4.99 Å². The van der Waals surface area contributed by atoms with Gasteiger partial charge in [-0.2, -0.15) is 0 Å². The van der Waals surface area contributed by atoms with Gasteiger partial charge < -0.3 is 9.30 Å². The quantitative estimate of drug-likeness (QED) is 0.607. The predicted molar refractivity (Wildman–Crippen MR) is 74.5 cm³/mol. The van der Waals surface area contributed by atoms with E-state index in [1.54, 1.807) is 6.21 Å². The lowest BCUT2D eigenvalue weighted by Crippen LogP contribution is -2.06. The minimum absolute atomic E-state index is 0.0486. The van der Waals surface area contributed by atoms with Crippen molar-refractivity contribution in [2.45, 2.75) is 6.54 Å². The average Bonchev–Trinajstić information content (AvgIpc) is 2.87. The average molecular weight is 256 g/mol. The Kier molecular flexibility index (Phi) is 4.50. The van der Waals surface area contributed by atoms with Crippen LogP contribution in [0.1, 0.15) is 11.3 Å². The molecule has 0 aliphatic rings. The van der Waals surface area contributed by atoms with Crippen molar-refractivity contribution < 1.29 is 9.53 Å². The summed E-state index contributed by atoms with van der Waals surface area (Å²) < 4.78 is 6.62. The summed E-state index contributed by atoms with van der Waals surface area (Å²) in [5.41, 5.74) is 2.19. The molecule has 19 heavy (non-hydrogen) atoms. The summed E-state index contributed by atoms with van der Waals surface area (Å²) in [4.78, 5) is 15.0. The van der Waals surface area contributed by atoms with Gasteiger partial charge in [-0.1, -0.05) is 30.3 Å². The third kappa shape index (κ3) is 3.81. The van der Waals surface area contributed by atoms with Crippen LogP contribution in [0.3, 0.4) is 0 Å². The number of hydrogen-bond donors (Lipinski definition) is 0. The Balaban J connectivity index is 2.04. The molecular weight excluding hydrogens is 240 g/mol. The van der Waals surface area contributed by atoms with E-state index in [-0.39, 0.29) is 12.5 Å². The number of aliphatic imine (C=N–C) groups is 1. The lowest BCUT2D eigenvalue weighted by Gasteiger charge is -2.06. The first kappa shape index (κ1) is 13.1. The molecule has 4 nitrogen and oxygen atoms in total. The molecule has 0 fully saturated rings. The molecule has 0 saturated carbocycles. The van der Waals surface area contributed by atoms with E-state index in [1.165, 1.54) is 12.7 Å². The zero-order valence-corrected chi connectivity index (χ0v) is 10.8. The number of carbonyl (C=O) groups excluding carboxylic acids is 1. The van der Waals surface area contributed by atoms with Crippen molar-refractivity contribution >= 4 is 12.2 Å². The minimum atomic E-state index is -0.336. The summed E-state index contributed by atoms with van der Waals surface area (Å²) in [6, 6.07) is 14.1. The Morgan fingerprint density at radius 1 is 1.26 bits per heavy atom. The van der Waals surface area contributed by atoms with E-state index in [2.05, 4.69) is 26.4 Å². The lowest BCUT2D eigenvalue weighted by atomic mass is 10.2. The van der Waals surface area contributed by atoms with E-state index >= 15 is 0 Å². The van der Waals surface area contributed by atoms with Crippen molar-refractivity contribution in [1.82, 2.24) is 4.57 Å². The molecule has 98 valence electrons. The van der Waals surface area contributed by atoms with Crippen molar-refractivity contribution in [3.05, 3.63) is 59.9 Å². The van der Waals surface area contributed by atoms with E-state index in [1.807, 2.05) is 36.5 Å². The number of esters is 1. The Labute approximate surface area is 112 Å². The molecule has 0 unspecified atom stereocenters. The van der Waals surface area contributed by atoms with E-state index < -0.39 is 0 Å². The fourth-order valence-corrected chi connectivity index (χ4v) is 1.75. The molecule has 1 heterocycles. The topological polar surface area (TPSA) is 43.6 Å². The number of hydrogen-bond acceptors (Lipinski definition) is 3. The highest BCUT2D eigenvalue weighted by molar-refractivity contribution is 5.80. The number of nitrogens with zero attached hydrogens (tertiary/aromatic N) is 2. The van der Waals surface area contributed by atoms with Crippen LogP contribution in [0.15, 0.2) is 53.7 Å². The van der Waals surface area contributed by atoms with E-state index in [4.69, 9.17) is 0 Å². The number of benzene rings is 1. The molecule has 0 aliphatic carbocycles. The fourth-order valence-electron chi connectivity index (χ4n) is 1.75. The summed E-state index contributed by atoms with van der Waals surface area (Å²) in [6.45, 7) is 0.834. The maximum absolute atomic E-state index is 11.0. The van der Waals surface area contributed by atoms with Crippen molar-refractivity contribution in [2.75, 3.05) is 13.7 Å². The van der Waals surface area contributed by atoms with Crippen LogP contribution < -0.4 is 0 Å². The van der Waals surface area contributed by atoms with Crippen molar-refractivity contribution in [3.8, 4) is 0 Å². The van der Waals surface area contributed by atoms with Crippen LogP contribution in [0.2, 0.25) is 0 Å². The predicted octanol–water partition coefficient (Wildman–Crippen LogP) is 2.13. The van der Waals surface area contributed by atoms with Gasteiger partial charge >= 0.3 is 5.97 Å². The molecule has 0 radical (unpaired) electrons. The van der Waals surface area contributed by atoms with Gasteiger partial charge in [0, 0.05) is 19.0 Å². The summed E-state index contributed by atoms with van der Waals surface area (Å²) in [5, 5.41) is 0. The zero-order valence-electron chi connectivity index (χ0n) is 10.8. The van der Waals surface area contributed by atoms with E-state index in [0.717, 1.165) is 12.2 Å². The third-order valence-electron chi connectivity index (χ3n) is 2.73. The molecule has 1 aromatic heterocycles. The van der Waals surface area contributed by atoms with Gasteiger partial charge in [-0.05, 0) is 17.7 Å². The molecule has 0 N–H and O–H groups in total. The maximum atomic E-state index is 11.0. The van der Waals surface area contributed by atoms with Crippen LogP contribution in [0, 0.1) is 0 Å². The number of aromatic nitrogens is 1. The highest BCUT2D eigenvalue weighted by atomic mass is 16.5. The first-order valence-corrected chi connectivity index (χ1v) is 6.05. The standard InChI is InChI=1S/C15H16N2O2/c1-19-15(18)11-16-10-14-8-5-9-17(14)12-13-6-3-2-4-7-13/h2-10H,11-12H2,1H3. The second-order valence-electron chi connectivity index (χ2n) is 4.09. The van der Waals surface area contributed by atoms with Crippen molar-refractivity contribution in [1.29, 1.82) is 0 Å². The van der Waals surface area contributed by atoms with Gasteiger partial charge in [0.1, 0.15) is 6.54 Å². The van der Waals surface area contributed by atoms with Crippen molar-refractivity contribution in [3.63, 3.8) is 0 Å². The van der Waals surface area contributed by atoms with Gasteiger partial charge in [0.2, 0.25) is 0 Å². The highest BCUT2D eigenvalue weighted by Gasteiger charge is 2.00. The number of rotatable bonds is 5. The Bertz CT molecular complexity index is 559. The summed E-state index contributed by atoms with van der Waals surface area (Å²) in [5.74, 6) is -0.336. The molecule has 0 spiro atoms. The maximum Gasteiger partial charge on any atom is 0.327 e. The van der Waals surface area contributed by atoms with Gasteiger partial charge in [-0.15, -0.1) is 0 Å². The minimum Gasteiger partial charge on any atom is -0.468 e. The summed E-state index contributed by atoms with van der Waals surface area (Å²) in [7, 11) is 1.36. The van der Waals surface area contributed by atoms with Crippen LogP contribution in [-0.4, -0.2) is 30.4 Å². The normalized spacial score (nSPS) is 10.8. The van der Waals surface area contributed by atoms with E-state index in [0.29, 0.717) is 0 Å². The number of ether oxygens (including phenoxy) is 1. The first-order valence-electron chi connectivity index (χ1n) is 6.05. The number of carbonyl (C=O) groups is 1. The van der Waals surface area contributed by atoms with Crippen LogP contribution in [0.4, 0.5) is 0 Å². The molecule has 1 aromatic carbocycles. The molecule has 0 amide bonds. The van der Waals surface area contributed by atoms with Gasteiger partial charge in [-0.25, -0.2) is 0 Å². The summed E-state index contributed by atoms with van der Waals surface area (Å²) in [6.07, 6.45) is 3.69. The molecule has 2 rings (SSSR count). The fraction of sp³-hybridized carbons (Fsp3) is 0.200. The molecule has 0 saturated heterocycles. The van der Waals surface area contributed by atoms with E-state index in [9.17, 15) is 4.79 Å². The Morgan fingerprint density at radius 3 is 2.79 bits per heavy atom. The van der Waals surface area contributed by atoms with Gasteiger partial charge in [-0.3, -0.25) is 9.79 Å². The second-order valence-corrected chi connectivity index (χ2v) is 4.09. The summed E-state index contributed by atoms with van der Waals surface area (Å²) >= 11 is 0. The van der Waals surface area contributed by atoms with Gasteiger partial charge in [0.05, 0.1) is 12.8 Å². The Hall–Kier alpha value is -2.36. The lowest BCUT2D eigenvalue weighted by molar-refractivity contribution is -0.138. The monoisotopic (exact) mass is 256 g/mol. The molecule has 2 aromatic rings. The molecule has 4 heteroatoms. The van der Waals surface area contributed by atoms with Gasteiger partial charge in [0.25, 0.3) is 0 Å². The van der Waals surface area contributed by atoms with Crippen LogP contribution in [0.5, 0.6) is 0 Å².